The number of nitrogens with one attached hydrogen (secondary N) is 1. The van der Waals surface area contributed by atoms with Crippen LogP contribution in [0.15, 0.2) is 24.3 Å². The van der Waals surface area contributed by atoms with Crippen LogP contribution in [0.2, 0.25) is 0 Å². The highest BCUT2D eigenvalue weighted by Gasteiger charge is 2.23. The molecule has 0 radical (unpaired) electrons. The van der Waals surface area contributed by atoms with E-state index in [1.54, 1.807) is 26.3 Å². The van der Waals surface area contributed by atoms with Gasteiger partial charge in [-0.2, -0.15) is 0 Å². The van der Waals surface area contributed by atoms with Gasteiger partial charge in [0, 0.05) is 11.8 Å². The Balaban J connectivity index is 2.62. The Bertz CT molecular complexity index is 627. The Morgan fingerprint density at radius 1 is 1.22 bits per heavy atom. The molecule has 2 amide bonds. The predicted octanol–water partition coefficient (Wildman–Crippen LogP) is 1.62. The van der Waals surface area contributed by atoms with Gasteiger partial charge in [0.05, 0.1) is 11.7 Å². The van der Waals surface area contributed by atoms with Crippen molar-refractivity contribution in [3.8, 4) is 0 Å². The van der Waals surface area contributed by atoms with Crippen LogP contribution in [0.25, 0.3) is 0 Å². The van der Waals surface area contributed by atoms with Crippen molar-refractivity contribution in [1.29, 1.82) is 0 Å². The number of aliphatic hydroxyl groups excluding tert-OH is 1. The van der Waals surface area contributed by atoms with Gasteiger partial charge in [-0.05, 0) is 57.1 Å². The monoisotopic (exact) mass is 380 g/mol. The largest absolute Gasteiger partial charge is 0.393 e. The Morgan fingerprint density at radius 3 is 2.44 bits per heavy atom. The van der Waals surface area contributed by atoms with Gasteiger partial charge in [-0.3, -0.25) is 14.8 Å². The highest BCUT2D eigenvalue weighted by molar-refractivity contribution is 5.78. The molecule has 1 aromatic carbocycles. The maximum absolute atomic E-state index is 11.8. The van der Waals surface area contributed by atoms with Crippen LogP contribution < -0.4 is 11.2 Å². The molecule has 0 heterocycles. The lowest BCUT2D eigenvalue weighted by molar-refractivity contribution is -0.135. The van der Waals surface area contributed by atoms with Crippen LogP contribution in [0.5, 0.6) is 0 Å². The van der Waals surface area contributed by atoms with E-state index in [1.165, 1.54) is 0 Å². The second kappa shape index (κ2) is 10.4. The maximum Gasteiger partial charge on any atom is 0.246 e. The molecule has 1 aromatic rings. The fraction of sp³-hybridized carbons (Fsp3) is 0.600. The molecule has 27 heavy (non-hydrogen) atoms. The zero-order chi connectivity index (χ0) is 20.6. The minimum atomic E-state index is -0.934. The molecular weight excluding hydrogens is 348 g/mol. The van der Waals surface area contributed by atoms with E-state index in [1.807, 2.05) is 24.3 Å². The van der Waals surface area contributed by atoms with Crippen LogP contribution in [0.4, 0.5) is 0 Å². The van der Waals surface area contributed by atoms with Gasteiger partial charge in [-0.1, -0.05) is 31.2 Å². The Morgan fingerprint density at radius 2 is 1.89 bits per heavy atom. The number of nitrogens with two attached hydrogens (primary N) is 1. The zero-order valence-corrected chi connectivity index (χ0v) is 16.3. The molecule has 0 bridgehead atoms. The third kappa shape index (κ3) is 8.07. The van der Waals surface area contributed by atoms with Gasteiger partial charge in [0.25, 0.3) is 0 Å². The molecule has 0 aromatic heterocycles. The number of hydrogen-bond donors (Lipinski definition) is 5. The van der Waals surface area contributed by atoms with E-state index in [4.69, 9.17) is 10.9 Å². The smallest absolute Gasteiger partial charge is 0.246 e. The summed E-state index contributed by atoms with van der Waals surface area (Å²) in [5.74, 6) is -1.99. The standard InChI is InChI=1S/C20H32N2O5/c1-13(18(21)24)7-9-15(19(25)22-27)12-17(23)10-8-14-5-4-6-16(11-14)20(2,3)26/h4-6,11,13,15,17,23,26-27H,7-10,12H2,1-3H3,(H2,21,24)(H,22,25). The minimum Gasteiger partial charge on any atom is -0.393 e. The van der Waals surface area contributed by atoms with Crippen molar-refractivity contribution in [3.05, 3.63) is 35.4 Å². The summed E-state index contributed by atoms with van der Waals surface area (Å²) in [6, 6.07) is 7.54. The number of aliphatic hydroxyl groups is 2. The van der Waals surface area contributed by atoms with E-state index in [0.717, 1.165) is 11.1 Å². The predicted molar refractivity (Wildman–Crippen MR) is 102 cm³/mol. The van der Waals surface area contributed by atoms with E-state index in [-0.39, 0.29) is 12.3 Å². The fourth-order valence-electron chi connectivity index (χ4n) is 2.93. The molecule has 7 heteroatoms. The zero-order valence-electron chi connectivity index (χ0n) is 16.3. The molecule has 7 nitrogen and oxygen atoms in total. The summed E-state index contributed by atoms with van der Waals surface area (Å²) < 4.78 is 0. The van der Waals surface area contributed by atoms with E-state index in [9.17, 15) is 19.8 Å². The number of rotatable bonds is 11. The first-order chi connectivity index (χ1) is 12.5. The van der Waals surface area contributed by atoms with E-state index < -0.39 is 29.4 Å². The van der Waals surface area contributed by atoms with Crippen molar-refractivity contribution in [2.75, 3.05) is 0 Å². The summed E-state index contributed by atoms with van der Waals surface area (Å²) in [5.41, 5.74) is 7.71. The average Bonchev–Trinajstić information content (AvgIpc) is 2.61. The van der Waals surface area contributed by atoms with Crippen LogP contribution >= 0.6 is 0 Å². The first-order valence-corrected chi connectivity index (χ1v) is 9.27. The molecule has 0 fully saturated rings. The molecule has 0 spiro atoms. The van der Waals surface area contributed by atoms with Crippen molar-refractivity contribution in [1.82, 2.24) is 5.48 Å². The quantitative estimate of drug-likeness (QED) is 0.294. The number of aryl methyl sites for hydroxylation is 1. The third-order valence-electron chi connectivity index (χ3n) is 4.87. The molecule has 0 aliphatic heterocycles. The molecule has 0 saturated heterocycles. The summed E-state index contributed by atoms with van der Waals surface area (Å²) in [7, 11) is 0. The maximum atomic E-state index is 11.8. The number of primary amides is 1. The van der Waals surface area contributed by atoms with Crippen molar-refractivity contribution < 1.29 is 25.0 Å². The summed E-state index contributed by atoms with van der Waals surface area (Å²) in [4.78, 5) is 23.0. The second-order valence-corrected chi connectivity index (χ2v) is 7.74. The number of hydrogen-bond acceptors (Lipinski definition) is 5. The topological polar surface area (TPSA) is 133 Å². The van der Waals surface area contributed by atoms with Crippen molar-refractivity contribution in [2.24, 2.45) is 17.6 Å². The van der Waals surface area contributed by atoms with E-state index in [2.05, 4.69) is 0 Å². The number of hydroxylamine groups is 1. The van der Waals surface area contributed by atoms with Gasteiger partial charge in [-0.25, -0.2) is 5.48 Å². The summed E-state index contributed by atoms with van der Waals surface area (Å²) >= 11 is 0. The lowest BCUT2D eigenvalue weighted by Crippen LogP contribution is -2.32. The van der Waals surface area contributed by atoms with Crippen LogP contribution in [0.1, 0.15) is 57.6 Å². The number of amides is 2. The van der Waals surface area contributed by atoms with Gasteiger partial charge in [-0.15, -0.1) is 0 Å². The van der Waals surface area contributed by atoms with Gasteiger partial charge < -0.3 is 15.9 Å². The average molecular weight is 380 g/mol. The van der Waals surface area contributed by atoms with Gasteiger partial charge >= 0.3 is 0 Å². The van der Waals surface area contributed by atoms with E-state index in [0.29, 0.717) is 25.7 Å². The highest BCUT2D eigenvalue weighted by atomic mass is 16.5. The van der Waals surface area contributed by atoms with Crippen molar-refractivity contribution in [3.63, 3.8) is 0 Å². The fourth-order valence-corrected chi connectivity index (χ4v) is 2.93. The van der Waals surface area contributed by atoms with Crippen molar-refractivity contribution >= 4 is 11.8 Å². The van der Waals surface area contributed by atoms with Gasteiger partial charge in [0.1, 0.15) is 0 Å². The molecule has 0 saturated carbocycles. The third-order valence-corrected chi connectivity index (χ3v) is 4.87. The summed E-state index contributed by atoms with van der Waals surface area (Å²) in [5, 5.41) is 29.3. The van der Waals surface area contributed by atoms with Crippen LogP contribution in [-0.4, -0.2) is 33.3 Å². The van der Waals surface area contributed by atoms with Gasteiger partial charge in [0.15, 0.2) is 0 Å². The first kappa shape index (κ1) is 23.1. The van der Waals surface area contributed by atoms with Crippen molar-refractivity contribution in [2.45, 2.75) is 64.6 Å². The normalized spacial score (nSPS) is 15.0. The number of benzene rings is 1. The molecule has 3 unspecified atom stereocenters. The molecule has 3 atom stereocenters. The van der Waals surface area contributed by atoms with E-state index >= 15 is 0 Å². The molecule has 152 valence electrons. The molecule has 0 aliphatic rings. The minimum absolute atomic E-state index is 0.184. The Labute approximate surface area is 160 Å². The lowest BCUT2D eigenvalue weighted by Gasteiger charge is -2.21. The van der Waals surface area contributed by atoms with Gasteiger partial charge in [0.2, 0.25) is 11.8 Å². The van der Waals surface area contributed by atoms with Crippen LogP contribution in [-0.2, 0) is 21.6 Å². The molecular formula is C20H32N2O5. The molecule has 6 N–H and O–H groups in total. The number of carbonyl (C=O) groups excluding carboxylic acids is 2. The second-order valence-electron chi connectivity index (χ2n) is 7.74. The van der Waals surface area contributed by atoms with Crippen LogP contribution in [0, 0.1) is 11.8 Å². The first-order valence-electron chi connectivity index (χ1n) is 9.27. The molecule has 0 aliphatic carbocycles. The SMILES string of the molecule is CC(CCC(CC(O)CCc1cccc(C(C)(C)O)c1)C(=O)NO)C(N)=O. The lowest BCUT2D eigenvalue weighted by atomic mass is 9.89. The summed E-state index contributed by atoms with van der Waals surface area (Å²) in [6.07, 6.45) is 1.24. The number of carbonyl (C=O) groups is 2. The summed E-state index contributed by atoms with van der Waals surface area (Å²) in [6.45, 7) is 5.11. The highest BCUT2D eigenvalue weighted by Crippen LogP contribution is 2.23. The molecule has 1 rings (SSSR count). The Hall–Kier alpha value is -1.96. The Kier molecular flexibility index (Phi) is 8.88. The van der Waals surface area contributed by atoms with Crippen LogP contribution in [0.3, 0.4) is 0 Å².